The number of nitro groups is 1. The van der Waals surface area contributed by atoms with E-state index in [0.717, 1.165) is 25.9 Å². The van der Waals surface area contributed by atoms with Crippen molar-refractivity contribution in [3.8, 4) is 0 Å². The Morgan fingerprint density at radius 1 is 1.47 bits per heavy atom. The summed E-state index contributed by atoms with van der Waals surface area (Å²) in [4.78, 5) is 12.6. The standard InChI is InChI=1S/C12H18N2O3/c1-13-7-5-11(6-8-13)17-12-4-2-3-10(9-12)14(15)16/h4,9,11H,2-3,5-8H2,1H3. The van der Waals surface area contributed by atoms with E-state index in [9.17, 15) is 10.1 Å². The molecule has 0 N–H and O–H groups in total. The van der Waals surface area contributed by atoms with Crippen LogP contribution < -0.4 is 0 Å². The van der Waals surface area contributed by atoms with Crippen LogP contribution in [0, 0.1) is 10.1 Å². The van der Waals surface area contributed by atoms with E-state index in [1.807, 2.05) is 6.08 Å². The van der Waals surface area contributed by atoms with Crippen molar-refractivity contribution in [1.29, 1.82) is 0 Å². The van der Waals surface area contributed by atoms with E-state index in [1.165, 1.54) is 0 Å². The number of nitrogens with zero attached hydrogens (tertiary/aromatic N) is 2. The summed E-state index contributed by atoms with van der Waals surface area (Å²) in [6.07, 6.45) is 6.93. The largest absolute Gasteiger partial charge is 0.490 e. The van der Waals surface area contributed by atoms with Gasteiger partial charge < -0.3 is 9.64 Å². The molecule has 0 aromatic heterocycles. The molecular formula is C12H18N2O3. The number of hydrogen-bond acceptors (Lipinski definition) is 4. The topological polar surface area (TPSA) is 55.6 Å². The summed E-state index contributed by atoms with van der Waals surface area (Å²) in [5.74, 6) is 0.678. The van der Waals surface area contributed by atoms with E-state index < -0.39 is 0 Å². The lowest BCUT2D eigenvalue weighted by Crippen LogP contribution is -2.34. The molecule has 0 aromatic rings. The molecule has 0 spiro atoms. The first kappa shape index (κ1) is 12.1. The molecule has 0 atom stereocenters. The average Bonchev–Trinajstić information content (AvgIpc) is 2.32. The van der Waals surface area contributed by atoms with Crippen LogP contribution >= 0.6 is 0 Å². The van der Waals surface area contributed by atoms with Crippen molar-refractivity contribution in [3.05, 3.63) is 33.7 Å². The second-order valence-corrected chi connectivity index (χ2v) is 4.66. The van der Waals surface area contributed by atoms with Gasteiger partial charge in [0.25, 0.3) is 0 Å². The first-order valence-electron chi connectivity index (χ1n) is 6.05. The van der Waals surface area contributed by atoms with Gasteiger partial charge in [0, 0.05) is 19.5 Å². The molecule has 2 aliphatic rings. The minimum Gasteiger partial charge on any atom is -0.490 e. The highest BCUT2D eigenvalue weighted by Gasteiger charge is 2.21. The van der Waals surface area contributed by atoms with Crippen LogP contribution in [-0.4, -0.2) is 36.1 Å². The molecule has 0 saturated carbocycles. The molecule has 0 radical (unpaired) electrons. The minimum atomic E-state index is -0.314. The van der Waals surface area contributed by atoms with Gasteiger partial charge in [-0.25, -0.2) is 0 Å². The van der Waals surface area contributed by atoms with Crippen molar-refractivity contribution in [3.63, 3.8) is 0 Å². The van der Waals surface area contributed by atoms with Crippen LogP contribution in [0.2, 0.25) is 0 Å². The van der Waals surface area contributed by atoms with Gasteiger partial charge in [-0.05, 0) is 32.4 Å². The summed E-state index contributed by atoms with van der Waals surface area (Å²) in [7, 11) is 2.10. The van der Waals surface area contributed by atoms with Gasteiger partial charge in [0.05, 0.1) is 11.0 Å². The number of hydrogen-bond donors (Lipinski definition) is 0. The van der Waals surface area contributed by atoms with Gasteiger partial charge in [-0.2, -0.15) is 0 Å². The molecule has 94 valence electrons. The van der Waals surface area contributed by atoms with Gasteiger partial charge in [0.1, 0.15) is 11.9 Å². The summed E-state index contributed by atoms with van der Waals surface area (Å²) in [6.45, 7) is 2.06. The maximum absolute atomic E-state index is 10.7. The van der Waals surface area contributed by atoms with Crippen LogP contribution in [0.3, 0.4) is 0 Å². The van der Waals surface area contributed by atoms with E-state index in [0.29, 0.717) is 18.6 Å². The second-order valence-electron chi connectivity index (χ2n) is 4.66. The number of likely N-dealkylation sites (tertiary alicyclic amines) is 1. The van der Waals surface area contributed by atoms with Crippen molar-refractivity contribution >= 4 is 0 Å². The lowest BCUT2D eigenvalue weighted by atomic mass is 10.1. The maximum atomic E-state index is 10.7. The highest BCUT2D eigenvalue weighted by Crippen LogP contribution is 2.22. The van der Waals surface area contributed by atoms with Crippen molar-refractivity contribution in [1.82, 2.24) is 4.90 Å². The Labute approximate surface area is 101 Å². The quantitative estimate of drug-likeness (QED) is 0.557. The summed E-state index contributed by atoms with van der Waals surface area (Å²) in [5, 5.41) is 10.7. The molecule has 0 bridgehead atoms. The molecule has 0 amide bonds. The molecule has 5 heteroatoms. The van der Waals surface area contributed by atoms with E-state index >= 15 is 0 Å². The molecule has 1 aliphatic carbocycles. The van der Waals surface area contributed by atoms with Crippen LogP contribution in [0.15, 0.2) is 23.6 Å². The van der Waals surface area contributed by atoms with Gasteiger partial charge in [-0.1, -0.05) is 0 Å². The Hall–Kier alpha value is -1.36. The van der Waals surface area contributed by atoms with Crippen molar-refractivity contribution in [2.24, 2.45) is 0 Å². The fourth-order valence-corrected chi connectivity index (χ4v) is 2.18. The summed E-state index contributed by atoms with van der Waals surface area (Å²) in [5.41, 5.74) is 0.260. The van der Waals surface area contributed by atoms with Crippen LogP contribution in [0.25, 0.3) is 0 Å². The fraction of sp³-hybridized carbons (Fsp3) is 0.667. The van der Waals surface area contributed by atoms with E-state index in [2.05, 4.69) is 11.9 Å². The van der Waals surface area contributed by atoms with Crippen molar-refractivity contribution < 1.29 is 9.66 Å². The molecule has 0 unspecified atom stereocenters. The third-order valence-electron chi connectivity index (χ3n) is 3.26. The number of rotatable bonds is 3. The first-order valence-corrected chi connectivity index (χ1v) is 6.05. The summed E-state index contributed by atoms with van der Waals surface area (Å²) >= 11 is 0. The van der Waals surface area contributed by atoms with Gasteiger partial charge in [0.15, 0.2) is 0 Å². The average molecular weight is 238 g/mol. The zero-order valence-electron chi connectivity index (χ0n) is 10.1. The normalized spacial score (nSPS) is 22.9. The van der Waals surface area contributed by atoms with Gasteiger partial charge >= 0.3 is 0 Å². The maximum Gasteiger partial charge on any atom is 0.250 e. The van der Waals surface area contributed by atoms with Crippen molar-refractivity contribution in [2.75, 3.05) is 20.1 Å². The zero-order chi connectivity index (χ0) is 12.3. The Morgan fingerprint density at radius 3 is 2.82 bits per heavy atom. The minimum absolute atomic E-state index is 0.208. The van der Waals surface area contributed by atoms with Gasteiger partial charge in [-0.15, -0.1) is 0 Å². The monoisotopic (exact) mass is 238 g/mol. The Morgan fingerprint density at radius 2 is 2.18 bits per heavy atom. The van der Waals surface area contributed by atoms with Gasteiger partial charge in [0.2, 0.25) is 5.70 Å². The number of ether oxygens (including phenoxy) is 1. The molecule has 5 nitrogen and oxygen atoms in total. The lowest BCUT2D eigenvalue weighted by Gasteiger charge is -2.29. The zero-order valence-corrected chi connectivity index (χ0v) is 10.1. The molecule has 17 heavy (non-hydrogen) atoms. The molecule has 0 aromatic carbocycles. The van der Waals surface area contributed by atoms with Crippen LogP contribution in [0.4, 0.5) is 0 Å². The predicted octanol–water partition coefficient (Wildman–Crippen LogP) is 1.94. The number of allylic oxidation sites excluding steroid dienone is 3. The Kier molecular flexibility index (Phi) is 3.78. The van der Waals surface area contributed by atoms with E-state index in [4.69, 9.17) is 4.74 Å². The van der Waals surface area contributed by atoms with Crippen LogP contribution in [0.5, 0.6) is 0 Å². The third kappa shape index (κ3) is 3.30. The lowest BCUT2D eigenvalue weighted by molar-refractivity contribution is -0.428. The smallest absolute Gasteiger partial charge is 0.250 e. The molecule has 1 heterocycles. The number of piperidine rings is 1. The van der Waals surface area contributed by atoms with Crippen LogP contribution in [0.1, 0.15) is 25.7 Å². The van der Waals surface area contributed by atoms with E-state index in [1.54, 1.807) is 6.08 Å². The summed E-state index contributed by atoms with van der Waals surface area (Å²) < 4.78 is 5.81. The highest BCUT2D eigenvalue weighted by molar-refractivity contribution is 5.19. The highest BCUT2D eigenvalue weighted by atomic mass is 16.6. The molecule has 1 aliphatic heterocycles. The fourth-order valence-electron chi connectivity index (χ4n) is 2.18. The Bertz CT molecular complexity index is 355. The predicted molar refractivity (Wildman–Crippen MR) is 64.0 cm³/mol. The molecular weight excluding hydrogens is 220 g/mol. The molecule has 1 fully saturated rings. The first-order chi connectivity index (χ1) is 8.15. The SMILES string of the molecule is CN1CCC(OC2=CCCC([N+](=O)[O-])=C2)CC1. The second kappa shape index (κ2) is 5.31. The molecule has 1 saturated heterocycles. The van der Waals surface area contributed by atoms with Crippen molar-refractivity contribution in [2.45, 2.75) is 31.8 Å². The van der Waals surface area contributed by atoms with Crippen LogP contribution in [-0.2, 0) is 4.74 Å². The van der Waals surface area contributed by atoms with E-state index in [-0.39, 0.29) is 16.7 Å². The molecule has 2 rings (SSSR count). The third-order valence-corrected chi connectivity index (χ3v) is 3.26. The Balaban J connectivity index is 1.91. The summed E-state index contributed by atoms with van der Waals surface area (Å²) in [6, 6.07) is 0. The van der Waals surface area contributed by atoms with Gasteiger partial charge in [-0.3, -0.25) is 10.1 Å².